The molecule has 3 aromatic rings. The number of carbonyl (C=O) groups excluding carboxylic acids is 2. The molecule has 0 spiro atoms. The van der Waals surface area contributed by atoms with Gasteiger partial charge in [-0.05, 0) is 35.9 Å². The van der Waals surface area contributed by atoms with E-state index in [9.17, 15) is 9.59 Å². The monoisotopic (exact) mass is 422 g/mol. The third-order valence-electron chi connectivity index (χ3n) is 4.75. The van der Waals surface area contributed by atoms with Crippen LogP contribution in [0.15, 0.2) is 84.6 Å². The minimum atomic E-state index is -0.454. The number of halogens is 2. The van der Waals surface area contributed by atoms with E-state index < -0.39 is 11.8 Å². The van der Waals surface area contributed by atoms with Crippen LogP contribution in [0.2, 0.25) is 10.0 Å². The van der Waals surface area contributed by atoms with E-state index >= 15 is 0 Å². The lowest BCUT2D eigenvalue weighted by Gasteiger charge is -2.22. The number of likely N-dealkylation sites (N-methyl/N-ethyl adjacent to an activating group) is 1. The van der Waals surface area contributed by atoms with E-state index in [2.05, 4.69) is 0 Å². The Kier molecular flexibility index (Phi) is 5.14. The zero-order valence-electron chi connectivity index (χ0n) is 15.5. The first kappa shape index (κ1) is 19.2. The molecule has 0 aliphatic carbocycles. The Morgan fingerprint density at radius 2 is 1.41 bits per heavy atom. The Labute approximate surface area is 178 Å². The second-order valence-electron chi connectivity index (χ2n) is 6.53. The highest BCUT2D eigenvalue weighted by molar-refractivity contribution is 6.48. The first-order valence-electron chi connectivity index (χ1n) is 8.91. The predicted molar refractivity (Wildman–Crippen MR) is 117 cm³/mol. The number of hydrogen-bond acceptors (Lipinski definition) is 3. The highest BCUT2D eigenvalue weighted by Gasteiger charge is 2.42. The first-order valence-corrected chi connectivity index (χ1v) is 9.67. The molecule has 0 aromatic heterocycles. The van der Waals surface area contributed by atoms with Gasteiger partial charge in [0.1, 0.15) is 5.70 Å². The molecule has 3 aromatic carbocycles. The van der Waals surface area contributed by atoms with Crippen molar-refractivity contribution >= 4 is 52.0 Å². The van der Waals surface area contributed by atoms with Crippen molar-refractivity contribution in [2.45, 2.75) is 0 Å². The van der Waals surface area contributed by atoms with Crippen LogP contribution in [-0.4, -0.2) is 18.9 Å². The van der Waals surface area contributed by atoms with Gasteiger partial charge in [0.25, 0.3) is 11.8 Å². The summed E-state index contributed by atoms with van der Waals surface area (Å²) in [5.41, 5.74) is 2.31. The van der Waals surface area contributed by atoms with Crippen LogP contribution >= 0.6 is 23.2 Å². The SMILES string of the molecule is CN(C1=C(c2ccccc2)C(=O)N(c2cc(Cl)ccc2Cl)C1=O)c1ccccc1. The number of amides is 2. The summed E-state index contributed by atoms with van der Waals surface area (Å²) in [4.78, 5) is 29.7. The number of anilines is 2. The molecule has 0 radical (unpaired) electrons. The van der Waals surface area contributed by atoms with Crippen molar-refractivity contribution in [1.82, 2.24) is 0 Å². The molecule has 144 valence electrons. The summed E-state index contributed by atoms with van der Waals surface area (Å²) in [7, 11) is 1.77. The highest BCUT2D eigenvalue weighted by Crippen LogP contribution is 2.39. The molecule has 0 atom stereocenters. The van der Waals surface area contributed by atoms with Crippen molar-refractivity contribution in [1.29, 1.82) is 0 Å². The summed E-state index contributed by atoms with van der Waals surface area (Å²) in [6.45, 7) is 0. The minimum Gasteiger partial charge on any atom is -0.339 e. The lowest BCUT2D eigenvalue weighted by molar-refractivity contribution is -0.120. The minimum absolute atomic E-state index is 0.263. The van der Waals surface area contributed by atoms with Crippen LogP contribution in [0, 0.1) is 0 Å². The molecular weight excluding hydrogens is 407 g/mol. The smallest absolute Gasteiger partial charge is 0.282 e. The number of rotatable bonds is 4. The molecule has 1 aliphatic rings. The molecular formula is C23H16Cl2N2O2. The van der Waals surface area contributed by atoms with E-state index in [-0.39, 0.29) is 16.4 Å². The van der Waals surface area contributed by atoms with Crippen molar-refractivity contribution in [3.05, 3.63) is 100 Å². The molecule has 4 nitrogen and oxygen atoms in total. The van der Waals surface area contributed by atoms with E-state index in [4.69, 9.17) is 23.2 Å². The summed E-state index contributed by atoms with van der Waals surface area (Å²) >= 11 is 12.4. The summed E-state index contributed by atoms with van der Waals surface area (Å²) in [6, 6.07) is 23.2. The average molecular weight is 423 g/mol. The molecule has 6 heteroatoms. The van der Waals surface area contributed by atoms with E-state index in [0.29, 0.717) is 16.2 Å². The van der Waals surface area contributed by atoms with Crippen LogP contribution in [-0.2, 0) is 9.59 Å². The standard InChI is InChI=1S/C23H16Cl2N2O2/c1-26(17-10-6-3-7-11-17)21-20(15-8-4-2-5-9-15)22(28)27(23(21)29)19-14-16(24)12-13-18(19)25/h2-14H,1H3. The Morgan fingerprint density at radius 3 is 2.07 bits per heavy atom. The molecule has 0 fully saturated rings. The fraction of sp³-hybridized carbons (Fsp3) is 0.0435. The van der Waals surface area contributed by atoms with Crippen molar-refractivity contribution in [3.8, 4) is 0 Å². The zero-order chi connectivity index (χ0) is 20.5. The van der Waals surface area contributed by atoms with Gasteiger partial charge in [0.05, 0.1) is 16.3 Å². The molecule has 0 N–H and O–H groups in total. The number of benzene rings is 3. The van der Waals surface area contributed by atoms with Gasteiger partial charge in [0.15, 0.2) is 0 Å². The Hall–Kier alpha value is -3.08. The Bertz CT molecular complexity index is 1130. The highest BCUT2D eigenvalue weighted by atomic mass is 35.5. The number of hydrogen-bond donors (Lipinski definition) is 0. The fourth-order valence-corrected chi connectivity index (χ4v) is 3.72. The van der Waals surface area contributed by atoms with Gasteiger partial charge in [0, 0.05) is 17.8 Å². The summed E-state index contributed by atoms with van der Waals surface area (Å²) < 4.78 is 0. The van der Waals surface area contributed by atoms with Gasteiger partial charge in [-0.1, -0.05) is 71.7 Å². The maximum Gasteiger partial charge on any atom is 0.282 e. The number of imide groups is 1. The maximum absolute atomic E-state index is 13.5. The second kappa shape index (κ2) is 7.74. The van der Waals surface area contributed by atoms with Crippen LogP contribution in [0.25, 0.3) is 5.57 Å². The maximum atomic E-state index is 13.5. The van der Waals surface area contributed by atoms with Gasteiger partial charge in [-0.15, -0.1) is 0 Å². The van der Waals surface area contributed by atoms with Crippen molar-refractivity contribution in [2.75, 3.05) is 16.8 Å². The first-order chi connectivity index (χ1) is 14.0. The molecule has 4 rings (SSSR count). The van der Waals surface area contributed by atoms with Gasteiger partial charge in [-0.25, -0.2) is 4.90 Å². The number of carbonyl (C=O) groups is 2. The van der Waals surface area contributed by atoms with Gasteiger partial charge in [-0.3, -0.25) is 9.59 Å². The van der Waals surface area contributed by atoms with Crippen molar-refractivity contribution < 1.29 is 9.59 Å². The lowest BCUT2D eigenvalue weighted by atomic mass is 10.0. The molecule has 1 aliphatic heterocycles. The molecule has 29 heavy (non-hydrogen) atoms. The Morgan fingerprint density at radius 1 is 0.793 bits per heavy atom. The topological polar surface area (TPSA) is 40.6 Å². The zero-order valence-corrected chi connectivity index (χ0v) is 17.0. The second-order valence-corrected chi connectivity index (χ2v) is 7.37. The quantitative estimate of drug-likeness (QED) is 0.527. The van der Waals surface area contributed by atoms with E-state index in [1.807, 2.05) is 60.7 Å². The van der Waals surface area contributed by atoms with Crippen LogP contribution < -0.4 is 9.80 Å². The van der Waals surface area contributed by atoms with Crippen molar-refractivity contribution in [2.24, 2.45) is 0 Å². The van der Waals surface area contributed by atoms with Crippen LogP contribution in [0.1, 0.15) is 5.56 Å². The third-order valence-corrected chi connectivity index (χ3v) is 5.30. The summed E-state index contributed by atoms with van der Waals surface area (Å²) in [6.07, 6.45) is 0. The number of nitrogens with zero attached hydrogens (tertiary/aromatic N) is 2. The van der Waals surface area contributed by atoms with Crippen LogP contribution in [0.4, 0.5) is 11.4 Å². The molecule has 0 unspecified atom stereocenters. The lowest BCUT2D eigenvalue weighted by Crippen LogP contribution is -2.34. The van der Waals surface area contributed by atoms with Crippen LogP contribution in [0.3, 0.4) is 0 Å². The normalized spacial score (nSPS) is 14.0. The van der Waals surface area contributed by atoms with Gasteiger partial charge < -0.3 is 4.90 Å². The van der Waals surface area contributed by atoms with Crippen LogP contribution in [0.5, 0.6) is 0 Å². The summed E-state index contributed by atoms with van der Waals surface area (Å²) in [5.74, 6) is -0.896. The van der Waals surface area contributed by atoms with Gasteiger partial charge >= 0.3 is 0 Å². The van der Waals surface area contributed by atoms with E-state index in [0.717, 1.165) is 10.6 Å². The fourth-order valence-electron chi connectivity index (χ4n) is 3.35. The molecule has 2 amide bonds. The van der Waals surface area contributed by atoms with Crippen molar-refractivity contribution in [3.63, 3.8) is 0 Å². The molecule has 0 bridgehead atoms. The number of para-hydroxylation sites is 1. The average Bonchev–Trinajstić information content (AvgIpc) is 3.00. The molecule has 0 saturated carbocycles. The van der Waals surface area contributed by atoms with Gasteiger partial charge in [-0.2, -0.15) is 0 Å². The van der Waals surface area contributed by atoms with Gasteiger partial charge in [0.2, 0.25) is 0 Å². The van der Waals surface area contributed by atoms with E-state index in [1.165, 1.54) is 6.07 Å². The third kappa shape index (κ3) is 3.41. The molecule has 0 saturated heterocycles. The van der Waals surface area contributed by atoms with E-state index in [1.54, 1.807) is 24.1 Å². The summed E-state index contributed by atoms with van der Waals surface area (Å²) in [5, 5.41) is 0.656. The predicted octanol–water partition coefficient (Wildman–Crippen LogP) is 5.41. The Balaban J connectivity index is 1.90. The molecule has 1 heterocycles. The largest absolute Gasteiger partial charge is 0.339 e.